The number of rotatable bonds is 4. The summed E-state index contributed by atoms with van der Waals surface area (Å²) in [5.41, 5.74) is 5.62. The average molecular weight is 397 g/mol. The van der Waals surface area contributed by atoms with Gasteiger partial charge in [0.2, 0.25) is 0 Å². The smallest absolute Gasteiger partial charge is 0.170 e. The van der Waals surface area contributed by atoms with Crippen LogP contribution in [0.25, 0.3) is 6.08 Å². The van der Waals surface area contributed by atoms with Crippen molar-refractivity contribution in [2.24, 2.45) is 0 Å². The lowest BCUT2D eigenvalue weighted by Gasteiger charge is -2.39. The van der Waals surface area contributed by atoms with Crippen molar-refractivity contribution in [1.82, 2.24) is 0 Å². The van der Waals surface area contributed by atoms with Crippen LogP contribution in [0, 0.1) is 0 Å². The van der Waals surface area contributed by atoms with Crippen molar-refractivity contribution in [3.8, 4) is 0 Å². The molecule has 1 saturated heterocycles. The van der Waals surface area contributed by atoms with Gasteiger partial charge in [-0.2, -0.15) is 0 Å². The Bertz CT molecular complexity index is 1070. The Morgan fingerprint density at radius 1 is 0.867 bits per heavy atom. The summed E-state index contributed by atoms with van der Waals surface area (Å²) < 4.78 is 6.43. The van der Waals surface area contributed by atoms with Gasteiger partial charge in [0, 0.05) is 36.1 Å². The zero-order valence-electron chi connectivity index (χ0n) is 17.9. The van der Waals surface area contributed by atoms with Crippen molar-refractivity contribution in [1.29, 1.82) is 0 Å². The van der Waals surface area contributed by atoms with Crippen LogP contribution in [0.2, 0.25) is 0 Å². The molecule has 2 heterocycles. The van der Waals surface area contributed by atoms with E-state index in [1.165, 1.54) is 28.2 Å². The zero-order valence-corrected chi connectivity index (χ0v) is 17.9. The fourth-order valence-corrected chi connectivity index (χ4v) is 4.95. The number of benzene rings is 3. The molecule has 0 aliphatic carbocycles. The first-order chi connectivity index (χ1) is 14.5. The van der Waals surface area contributed by atoms with E-state index in [-0.39, 0.29) is 5.41 Å². The summed E-state index contributed by atoms with van der Waals surface area (Å²) in [5, 5.41) is 0. The van der Waals surface area contributed by atoms with E-state index in [1.54, 1.807) is 0 Å². The molecule has 3 aromatic carbocycles. The van der Waals surface area contributed by atoms with E-state index in [1.807, 2.05) is 6.07 Å². The molecule has 0 N–H and O–H groups in total. The first kappa shape index (κ1) is 19.0. The van der Waals surface area contributed by atoms with Crippen molar-refractivity contribution in [2.45, 2.75) is 25.0 Å². The minimum absolute atomic E-state index is 0.121. The largest absolute Gasteiger partial charge is 0.349 e. The minimum Gasteiger partial charge on any atom is -0.349 e. The standard InChI is InChI=1S/C27H28N2O/c1-26(2)24-11-7-8-12-25(24)29-19-20-30-27(26,29)18-17-21-13-15-23(16-14-21)28(3)22-9-5-4-6-10-22/h4-18H,19-20H2,1-3H3/b18-17+. The minimum atomic E-state index is -0.434. The molecule has 30 heavy (non-hydrogen) atoms. The molecule has 1 fully saturated rings. The van der Waals surface area contributed by atoms with Gasteiger partial charge in [0.1, 0.15) is 0 Å². The topological polar surface area (TPSA) is 15.7 Å². The highest BCUT2D eigenvalue weighted by Crippen LogP contribution is 2.54. The van der Waals surface area contributed by atoms with Crippen LogP contribution in [-0.2, 0) is 10.2 Å². The van der Waals surface area contributed by atoms with Gasteiger partial charge in [-0.05, 0) is 47.5 Å². The number of anilines is 3. The number of hydrogen-bond donors (Lipinski definition) is 0. The Labute approximate surface area is 179 Å². The second-order valence-corrected chi connectivity index (χ2v) is 8.66. The number of fused-ring (bicyclic) bond motifs is 3. The predicted octanol–water partition coefficient (Wildman–Crippen LogP) is 5.99. The average Bonchev–Trinajstić information content (AvgIpc) is 3.30. The maximum atomic E-state index is 6.43. The molecule has 3 nitrogen and oxygen atoms in total. The Balaban J connectivity index is 1.43. The summed E-state index contributed by atoms with van der Waals surface area (Å²) in [5.74, 6) is 0. The van der Waals surface area contributed by atoms with E-state index >= 15 is 0 Å². The molecule has 0 radical (unpaired) electrons. The molecule has 0 amide bonds. The summed E-state index contributed by atoms with van der Waals surface area (Å²) >= 11 is 0. The van der Waals surface area contributed by atoms with Crippen LogP contribution in [0.5, 0.6) is 0 Å². The molecule has 3 aromatic rings. The highest BCUT2D eigenvalue weighted by atomic mass is 16.5. The van der Waals surface area contributed by atoms with Crippen LogP contribution >= 0.6 is 0 Å². The maximum Gasteiger partial charge on any atom is 0.170 e. The second kappa shape index (κ2) is 7.03. The van der Waals surface area contributed by atoms with Gasteiger partial charge in [0.15, 0.2) is 5.72 Å². The summed E-state index contributed by atoms with van der Waals surface area (Å²) in [6.07, 6.45) is 4.47. The van der Waals surface area contributed by atoms with Crippen LogP contribution in [-0.4, -0.2) is 25.9 Å². The van der Waals surface area contributed by atoms with Crippen molar-refractivity contribution >= 4 is 23.1 Å². The molecule has 1 atom stereocenters. The fraction of sp³-hybridized carbons (Fsp3) is 0.259. The van der Waals surface area contributed by atoms with Gasteiger partial charge in [-0.15, -0.1) is 0 Å². The molecular weight excluding hydrogens is 368 g/mol. The summed E-state index contributed by atoms with van der Waals surface area (Å²) in [4.78, 5) is 4.63. The predicted molar refractivity (Wildman–Crippen MR) is 125 cm³/mol. The normalized spacial score (nSPS) is 21.6. The van der Waals surface area contributed by atoms with Crippen molar-refractivity contribution in [3.63, 3.8) is 0 Å². The molecule has 2 aliphatic rings. The highest BCUT2D eigenvalue weighted by Gasteiger charge is 2.58. The first-order valence-electron chi connectivity index (χ1n) is 10.6. The summed E-state index contributed by atoms with van der Waals surface area (Å²) in [6, 6.07) is 27.8. The molecule has 0 bridgehead atoms. The van der Waals surface area contributed by atoms with E-state index < -0.39 is 5.72 Å². The summed E-state index contributed by atoms with van der Waals surface area (Å²) in [6.45, 7) is 6.26. The lowest BCUT2D eigenvalue weighted by atomic mass is 9.77. The molecule has 5 rings (SSSR count). The van der Waals surface area contributed by atoms with Gasteiger partial charge in [0.05, 0.1) is 6.61 Å². The molecule has 3 heteroatoms. The molecule has 0 saturated carbocycles. The van der Waals surface area contributed by atoms with Crippen molar-refractivity contribution < 1.29 is 4.74 Å². The van der Waals surface area contributed by atoms with Gasteiger partial charge in [-0.1, -0.05) is 68.5 Å². The third kappa shape index (κ3) is 2.77. The Morgan fingerprint density at radius 2 is 1.53 bits per heavy atom. The van der Waals surface area contributed by atoms with Gasteiger partial charge in [-0.25, -0.2) is 0 Å². The van der Waals surface area contributed by atoms with Crippen LogP contribution in [0.15, 0.2) is 84.9 Å². The van der Waals surface area contributed by atoms with E-state index in [0.717, 1.165) is 13.2 Å². The number of ether oxygens (including phenoxy) is 1. The third-order valence-corrected chi connectivity index (χ3v) is 6.73. The maximum absolute atomic E-state index is 6.43. The number of nitrogens with zero attached hydrogens (tertiary/aromatic N) is 2. The number of hydrogen-bond acceptors (Lipinski definition) is 3. The third-order valence-electron chi connectivity index (χ3n) is 6.73. The quantitative estimate of drug-likeness (QED) is 0.538. The Morgan fingerprint density at radius 3 is 2.30 bits per heavy atom. The SMILES string of the molecule is CN(c1ccccc1)c1ccc(/C=C/C23OCCN2c2ccccc2C3(C)C)cc1. The Kier molecular flexibility index (Phi) is 4.44. The van der Waals surface area contributed by atoms with Crippen LogP contribution in [0.4, 0.5) is 17.1 Å². The van der Waals surface area contributed by atoms with Crippen LogP contribution in [0.3, 0.4) is 0 Å². The molecular formula is C27H28N2O. The lowest BCUT2D eigenvalue weighted by Crippen LogP contribution is -2.51. The fourth-order valence-electron chi connectivity index (χ4n) is 4.95. The van der Waals surface area contributed by atoms with E-state index in [2.05, 4.69) is 116 Å². The van der Waals surface area contributed by atoms with Crippen LogP contribution < -0.4 is 9.80 Å². The van der Waals surface area contributed by atoms with Gasteiger partial charge in [0.25, 0.3) is 0 Å². The lowest BCUT2D eigenvalue weighted by molar-refractivity contribution is 0.000337. The first-order valence-corrected chi connectivity index (χ1v) is 10.6. The number of para-hydroxylation sites is 2. The molecule has 0 aromatic heterocycles. The van der Waals surface area contributed by atoms with E-state index in [4.69, 9.17) is 4.74 Å². The van der Waals surface area contributed by atoms with Gasteiger partial charge < -0.3 is 14.5 Å². The highest BCUT2D eigenvalue weighted by molar-refractivity contribution is 5.70. The second-order valence-electron chi connectivity index (χ2n) is 8.66. The molecule has 152 valence electrons. The Hall–Kier alpha value is -3.04. The monoisotopic (exact) mass is 396 g/mol. The molecule has 0 spiro atoms. The van der Waals surface area contributed by atoms with Crippen molar-refractivity contribution in [2.75, 3.05) is 30.0 Å². The molecule has 2 aliphatic heterocycles. The van der Waals surface area contributed by atoms with Gasteiger partial charge in [-0.3, -0.25) is 0 Å². The van der Waals surface area contributed by atoms with E-state index in [0.29, 0.717) is 0 Å². The van der Waals surface area contributed by atoms with Crippen LogP contribution in [0.1, 0.15) is 25.0 Å². The van der Waals surface area contributed by atoms with Gasteiger partial charge >= 0.3 is 0 Å². The van der Waals surface area contributed by atoms with E-state index in [9.17, 15) is 0 Å². The molecule has 1 unspecified atom stereocenters. The summed E-state index contributed by atoms with van der Waals surface area (Å²) in [7, 11) is 2.10. The van der Waals surface area contributed by atoms with Crippen molar-refractivity contribution in [3.05, 3.63) is 96.1 Å². The zero-order chi connectivity index (χ0) is 20.8.